The van der Waals surface area contributed by atoms with Crippen LogP contribution in [0.3, 0.4) is 0 Å². The molecule has 0 aromatic carbocycles. The van der Waals surface area contributed by atoms with Crippen LogP contribution in [-0.2, 0) is 19.6 Å². The third-order valence-corrected chi connectivity index (χ3v) is 2.77. The first kappa shape index (κ1) is 11.0. The molecular formula is C11H13N3OS. The Kier molecular flexibility index (Phi) is 3.48. The van der Waals surface area contributed by atoms with Crippen molar-refractivity contribution >= 4 is 12.2 Å². The standard InChI is InChI=1S/C11H13N3OS/c15-8-10-7-13-11(16)14(10)6-4-9-3-1-2-5-12-9/h1-3,5,7,15H,4,6,8H2,(H,13,16). The van der Waals surface area contributed by atoms with Gasteiger partial charge in [-0.3, -0.25) is 4.98 Å². The lowest BCUT2D eigenvalue weighted by Crippen LogP contribution is -2.06. The van der Waals surface area contributed by atoms with Gasteiger partial charge in [-0.2, -0.15) is 0 Å². The van der Waals surface area contributed by atoms with Gasteiger partial charge in [-0.25, -0.2) is 0 Å². The second-order valence-corrected chi connectivity index (χ2v) is 3.85. The van der Waals surface area contributed by atoms with Gasteiger partial charge in [0.2, 0.25) is 0 Å². The topological polar surface area (TPSA) is 53.8 Å². The molecule has 5 heteroatoms. The molecule has 0 atom stereocenters. The fourth-order valence-electron chi connectivity index (χ4n) is 1.58. The van der Waals surface area contributed by atoms with Gasteiger partial charge in [0.05, 0.1) is 12.3 Å². The van der Waals surface area contributed by atoms with E-state index in [9.17, 15) is 0 Å². The number of rotatable bonds is 4. The lowest BCUT2D eigenvalue weighted by Gasteiger charge is -2.05. The van der Waals surface area contributed by atoms with Crippen LogP contribution in [0.4, 0.5) is 0 Å². The van der Waals surface area contributed by atoms with Gasteiger partial charge in [-0.15, -0.1) is 0 Å². The molecule has 0 radical (unpaired) electrons. The molecule has 0 amide bonds. The fraction of sp³-hybridized carbons (Fsp3) is 0.273. The molecule has 2 aromatic rings. The number of hydrogen-bond acceptors (Lipinski definition) is 3. The number of hydrogen-bond donors (Lipinski definition) is 2. The number of aryl methyl sites for hydroxylation is 1. The number of imidazole rings is 1. The number of nitrogens with zero attached hydrogens (tertiary/aromatic N) is 2. The highest BCUT2D eigenvalue weighted by Crippen LogP contribution is 2.04. The smallest absolute Gasteiger partial charge is 0.177 e. The molecule has 0 aliphatic heterocycles. The maximum absolute atomic E-state index is 9.13. The van der Waals surface area contributed by atoms with Gasteiger partial charge in [-0.1, -0.05) is 6.07 Å². The van der Waals surface area contributed by atoms with E-state index < -0.39 is 0 Å². The molecule has 2 aromatic heterocycles. The highest BCUT2D eigenvalue weighted by atomic mass is 32.1. The van der Waals surface area contributed by atoms with Crippen molar-refractivity contribution in [2.75, 3.05) is 0 Å². The van der Waals surface area contributed by atoms with Gasteiger partial charge in [0.25, 0.3) is 0 Å². The van der Waals surface area contributed by atoms with Gasteiger partial charge >= 0.3 is 0 Å². The van der Waals surface area contributed by atoms with Crippen LogP contribution in [0.5, 0.6) is 0 Å². The Hall–Kier alpha value is -1.46. The second kappa shape index (κ2) is 5.05. The van der Waals surface area contributed by atoms with E-state index in [-0.39, 0.29) is 6.61 Å². The lowest BCUT2D eigenvalue weighted by atomic mass is 10.2. The normalized spacial score (nSPS) is 10.6. The summed E-state index contributed by atoms with van der Waals surface area (Å²) in [4.78, 5) is 7.17. The zero-order valence-corrected chi connectivity index (χ0v) is 9.57. The number of aliphatic hydroxyl groups is 1. The van der Waals surface area contributed by atoms with Crippen molar-refractivity contribution in [3.05, 3.63) is 46.8 Å². The Morgan fingerprint density at radius 2 is 2.31 bits per heavy atom. The minimum Gasteiger partial charge on any atom is -0.390 e. The minimum absolute atomic E-state index is 0.00460. The third-order valence-electron chi connectivity index (χ3n) is 2.43. The van der Waals surface area contributed by atoms with E-state index in [0.29, 0.717) is 4.77 Å². The maximum Gasteiger partial charge on any atom is 0.177 e. The van der Waals surface area contributed by atoms with E-state index in [1.807, 2.05) is 22.8 Å². The molecule has 0 saturated carbocycles. The molecule has 2 rings (SSSR count). The number of H-pyrrole nitrogens is 1. The quantitative estimate of drug-likeness (QED) is 0.793. The Labute approximate surface area is 98.6 Å². The molecule has 0 unspecified atom stereocenters. The van der Waals surface area contributed by atoms with Crippen LogP contribution in [-0.4, -0.2) is 19.6 Å². The van der Waals surface area contributed by atoms with Crippen molar-refractivity contribution in [3.8, 4) is 0 Å². The zero-order chi connectivity index (χ0) is 11.4. The minimum atomic E-state index is -0.00460. The van der Waals surface area contributed by atoms with Gasteiger partial charge in [0.15, 0.2) is 4.77 Å². The Morgan fingerprint density at radius 3 is 3.00 bits per heavy atom. The largest absolute Gasteiger partial charge is 0.390 e. The van der Waals surface area contributed by atoms with Crippen molar-refractivity contribution in [1.29, 1.82) is 0 Å². The third kappa shape index (κ3) is 2.37. The summed E-state index contributed by atoms with van der Waals surface area (Å²) >= 11 is 5.13. The molecule has 4 nitrogen and oxygen atoms in total. The van der Waals surface area contributed by atoms with Crippen molar-refractivity contribution in [2.45, 2.75) is 19.6 Å². The highest BCUT2D eigenvalue weighted by Gasteiger charge is 2.03. The monoisotopic (exact) mass is 235 g/mol. The summed E-state index contributed by atoms with van der Waals surface area (Å²) in [6.45, 7) is 0.727. The van der Waals surface area contributed by atoms with Gasteiger partial charge < -0.3 is 14.7 Å². The molecule has 16 heavy (non-hydrogen) atoms. The molecule has 84 valence electrons. The molecule has 0 aliphatic rings. The molecule has 0 bridgehead atoms. The molecule has 0 fully saturated rings. The summed E-state index contributed by atoms with van der Waals surface area (Å²) in [5.41, 5.74) is 1.83. The average molecular weight is 235 g/mol. The van der Waals surface area contributed by atoms with Crippen LogP contribution < -0.4 is 0 Å². The van der Waals surface area contributed by atoms with E-state index in [2.05, 4.69) is 9.97 Å². The number of aromatic amines is 1. The number of pyridine rings is 1. The van der Waals surface area contributed by atoms with Crippen LogP contribution in [0.25, 0.3) is 0 Å². The average Bonchev–Trinajstić information content (AvgIpc) is 2.69. The first-order valence-electron chi connectivity index (χ1n) is 5.09. The van der Waals surface area contributed by atoms with E-state index in [0.717, 1.165) is 24.4 Å². The molecule has 2 heterocycles. The fourth-order valence-corrected chi connectivity index (χ4v) is 1.85. The Morgan fingerprint density at radius 1 is 1.44 bits per heavy atom. The predicted molar refractivity (Wildman–Crippen MR) is 63.5 cm³/mol. The summed E-state index contributed by atoms with van der Waals surface area (Å²) in [5, 5.41) is 9.13. The number of aromatic nitrogens is 3. The maximum atomic E-state index is 9.13. The second-order valence-electron chi connectivity index (χ2n) is 3.47. The number of nitrogens with one attached hydrogen (secondary N) is 1. The molecule has 0 saturated heterocycles. The highest BCUT2D eigenvalue weighted by molar-refractivity contribution is 7.71. The Balaban J connectivity index is 2.10. The number of aliphatic hydroxyl groups excluding tert-OH is 1. The van der Waals surface area contributed by atoms with E-state index in [1.165, 1.54) is 0 Å². The van der Waals surface area contributed by atoms with Gasteiger partial charge in [0, 0.05) is 31.1 Å². The van der Waals surface area contributed by atoms with E-state index >= 15 is 0 Å². The van der Waals surface area contributed by atoms with Gasteiger partial charge in [0.1, 0.15) is 0 Å². The SMILES string of the molecule is OCc1c[nH]c(=S)n1CCc1ccccn1. The summed E-state index contributed by atoms with van der Waals surface area (Å²) in [6, 6.07) is 5.84. The van der Waals surface area contributed by atoms with E-state index in [4.69, 9.17) is 17.3 Å². The van der Waals surface area contributed by atoms with Crippen LogP contribution in [0.1, 0.15) is 11.4 Å². The lowest BCUT2D eigenvalue weighted by molar-refractivity contribution is 0.270. The summed E-state index contributed by atoms with van der Waals surface area (Å²) < 4.78 is 2.53. The molecule has 2 N–H and O–H groups in total. The molecule has 0 spiro atoms. The molecule has 0 aliphatic carbocycles. The van der Waals surface area contributed by atoms with Crippen LogP contribution in [0.15, 0.2) is 30.6 Å². The summed E-state index contributed by atoms with van der Waals surface area (Å²) in [6.07, 6.45) is 4.32. The predicted octanol–water partition coefficient (Wildman–Crippen LogP) is 1.68. The Bertz CT molecular complexity index is 503. The zero-order valence-electron chi connectivity index (χ0n) is 8.76. The first-order valence-corrected chi connectivity index (χ1v) is 5.50. The van der Waals surface area contributed by atoms with Crippen molar-refractivity contribution in [3.63, 3.8) is 0 Å². The van der Waals surface area contributed by atoms with E-state index in [1.54, 1.807) is 12.4 Å². The summed E-state index contributed by atoms with van der Waals surface area (Å²) in [7, 11) is 0. The van der Waals surface area contributed by atoms with Crippen molar-refractivity contribution in [1.82, 2.24) is 14.5 Å². The van der Waals surface area contributed by atoms with Crippen LogP contribution in [0.2, 0.25) is 0 Å². The first-order chi connectivity index (χ1) is 7.81. The van der Waals surface area contributed by atoms with Gasteiger partial charge in [-0.05, 0) is 24.4 Å². The summed E-state index contributed by atoms with van der Waals surface area (Å²) in [5.74, 6) is 0. The van der Waals surface area contributed by atoms with Crippen molar-refractivity contribution in [2.24, 2.45) is 0 Å². The van der Waals surface area contributed by atoms with Crippen molar-refractivity contribution < 1.29 is 5.11 Å². The van der Waals surface area contributed by atoms with Crippen LogP contribution >= 0.6 is 12.2 Å². The van der Waals surface area contributed by atoms with Crippen LogP contribution in [0, 0.1) is 4.77 Å². The molecular weight excluding hydrogens is 222 g/mol.